The predicted octanol–water partition coefficient (Wildman–Crippen LogP) is 1.32. The second-order valence-corrected chi connectivity index (χ2v) is 7.77. The molecule has 0 spiro atoms. The van der Waals surface area contributed by atoms with Crippen molar-refractivity contribution in [1.29, 1.82) is 0 Å². The fourth-order valence-corrected chi connectivity index (χ4v) is 3.62. The zero-order valence-corrected chi connectivity index (χ0v) is 13.6. The molecule has 1 unspecified atom stereocenters. The normalized spacial score (nSPS) is 17.1. The van der Waals surface area contributed by atoms with E-state index in [0.717, 1.165) is 5.69 Å². The van der Waals surface area contributed by atoms with Gasteiger partial charge in [-0.1, -0.05) is 24.3 Å². The summed E-state index contributed by atoms with van der Waals surface area (Å²) in [6.45, 7) is 7.41. The van der Waals surface area contributed by atoms with E-state index >= 15 is 0 Å². The van der Waals surface area contributed by atoms with E-state index < -0.39 is 15.1 Å². The number of carbonyl (C=O) groups is 1. The third-order valence-electron chi connectivity index (χ3n) is 3.95. The van der Waals surface area contributed by atoms with Gasteiger partial charge in [0, 0.05) is 31.9 Å². The number of anilines is 1. The molecule has 1 aliphatic heterocycles. The van der Waals surface area contributed by atoms with Crippen LogP contribution in [0.15, 0.2) is 43.0 Å². The molecule has 1 aromatic rings. The molecule has 5 nitrogen and oxygen atoms in total. The van der Waals surface area contributed by atoms with E-state index in [9.17, 15) is 13.2 Å². The van der Waals surface area contributed by atoms with Crippen molar-refractivity contribution in [1.82, 2.24) is 4.90 Å². The molecule has 22 heavy (non-hydrogen) atoms. The molecule has 0 aromatic heterocycles. The molecule has 1 amide bonds. The number of benzene rings is 1. The number of carbonyl (C=O) groups excluding carboxylic acids is 1. The largest absolute Gasteiger partial charge is 0.368 e. The Kier molecular flexibility index (Phi) is 5.24. The number of sulfone groups is 1. The summed E-state index contributed by atoms with van der Waals surface area (Å²) in [5.41, 5.74) is 1.13. The number of piperazine rings is 1. The summed E-state index contributed by atoms with van der Waals surface area (Å²) in [5.74, 6) is -0.473. The van der Waals surface area contributed by atoms with Gasteiger partial charge in [-0.25, -0.2) is 8.42 Å². The number of nitrogens with zero attached hydrogens (tertiary/aromatic N) is 2. The molecule has 1 fully saturated rings. The van der Waals surface area contributed by atoms with E-state index in [-0.39, 0.29) is 11.7 Å². The van der Waals surface area contributed by atoms with Crippen molar-refractivity contribution in [3.05, 3.63) is 43.0 Å². The molecule has 1 aromatic carbocycles. The minimum Gasteiger partial charge on any atom is -0.368 e. The van der Waals surface area contributed by atoms with Crippen LogP contribution < -0.4 is 4.90 Å². The third kappa shape index (κ3) is 3.68. The summed E-state index contributed by atoms with van der Waals surface area (Å²) in [5, 5.41) is -1.01. The van der Waals surface area contributed by atoms with Crippen LogP contribution >= 0.6 is 0 Å². The summed E-state index contributed by atoms with van der Waals surface area (Å²) in [6.07, 6.45) is 1.33. The Morgan fingerprint density at radius 2 is 1.82 bits per heavy atom. The van der Waals surface area contributed by atoms with Crippen molar-refractivity contribution in [3.63, 3.8) is 0 Å². The Morgan fingerprint density at radius 3 is 2.36 bits per heavy atom. The monoisotopic (exact) mass is 322 g/mol. The van der Waals surface area contributed by atoms with Crippen LogP contribution in [0.5, 0.6) is 0 Å². The maximum absolute atomic E-state index is 12.4. The van der Waals surface area contributed by atoms with Gasteiger partial charge in [0.05, 0.1) is 5.75 Å². The van der Waals surface area contributed by atoms with Crippen LogP contribution in [0.3, 0.4) is 0 Å². The summed E-state index contributed by atoms with van der Waals surface area (Å²) < 4.78 is 23.9. The summed E-state index contributed by atoms with van der Waals surface area (Å²) >= 11 is 0. The quantitative estimate of drug-likeness (QED) is 0.767. The van der Waals surface area contributed by atoms with Gasteiger partial charge in [0.15, 0.2) is 9.84 Å². The van der Waals surface area contributed by atoms with Crippen molar-refractivity contribution in [2.24, 2.45) is 0 Å². The Labute approximate surface area is 132 Å². The lowest BCUT2D eigenvalue weighted by Crippen LogP contribution is -2.52. The lowest BCUT2D eigenvalue weighted by atomic mass is 10.2. The fourth-order valence-electron chi connectivity index (χ4n) is 2.54. The van der Waals surface area contributed by atoms with E-state index in [4.69, 9.17) is 0 Å². The lowest BCUT2D eigenvalue weighted by molar-refractivity contribution is -0.130. The molecule has 0 radical (unpaired) electrons. The zero-order chi connectivity index (χ0) is 16.2. The van der Waals surface area contributed by atoms with Crippen LogP contribution in [0.1, 0.15) is 6.92 Å². The first kappa shape index (κ1) is 16.5. The highest BCUT2D eigenvalue weighted by molar-refractivity contribution is 7.92. The molecule has 1 aliphatic rings. The predicted molar refractivity (Wildman–Crippen MR) is 88.7 cm³/mol. The number of rotatable bonds is 5. The van der Waals surface area contributed by atoms with Crippen LogP contribution in [0.2, 0.25) is 0 Å². The van der Waals surface area contributed by atoms with Crippen LogP contribution in [0.4, 0.5) is 5.69 Å². The minimum absolute atomic E-state index is 0.163. The summed E-state index contributed by atoms with van der Waals surface area (Å²) in [6, 6.07) is 10.0. The molecule has 2 rings (SSSR count). The van der Waals surface area contributed by atoms with Gasteiger partial charge in [-0.3, -0.25) is 4.79 Å². The van der Waals surface area contributed by atoms with Crippen LogP contribution in [0, 0.1) is 0 Å². The van der Waals surface area contributed by atoms with Crippen molar-refractivity contribution < 1.29 is 13.2 Å². The first-order chi connectivity index (χ1) is 10.5. The molecule has 0 saturated carbocycles. The van der Waals surface area contributed by atoms with Gasteiger partial charge in [-0.15, -0.1) is 6.58 Å². The van der Waals surface area contributed by atoms with E-state index in [2.05, 4.69) is 11.5 Å². The molecule has 1 heterocycles. The summed E-state index contributed by atoms with van der Waals surface area (Å²) in [4.78, 5) is 16.2. The van der Waals surface area contributed by atoms with Crippen LogP contribution in [-0.2, 0) is 14.6 Å². The average Bonchev–Trinajstić information content (AvgIpc) is 2.54. The highest BCUT2D eigenvalue weighted by Crippen LogP contribution is 2.17. The van der Waals surface area contributed by atoms with Gasteiger partial charge in [0.1, 0.15) is 5.25 Å². The Morgan fingerprint density at radius 1 is 1.23 bits per heavy atom. The summed E-state index contributed by atoms with van der Waals surface area (Å²) in [7, 11) is -3.45. The van der Waals surface area contributed by atoms with E-state index in [1.807, 2.05) is 30.3 Å². The zero-order valence-electron chi connectivity index (χ0n) is 12.8. The number of amides is 1. The molecule has 1 saturated heterocycles. The Hall–Kier alpha value is -1.82. The van der Waals surface area contributed by atoms with E-state index in [0.29, 0.717) is 26.2 Å². The Bertz CT molecular complexity index is 620. The molecule has 0 N–H and O–H groups in total. The van der Waals surface area contributed by atoms with Crippen molar-refractivity contribution in [3.8, 4) is 0 Å². The first-order valence-corrected chi connectivity index (χ1v) is 9.08. The van der Waals surface area contributed by atoms with E-state index in [1.165, 1.54) is 13.0 Å². The lowest BCUT2D eigenvalue weighted by Gasteiger charge is -2.37. The van der Waals surface area contributed by atoms with Crippen molar-refractivity contribution >= 4 is 21.4 Å². The third-order valence-corrected chi connectivity index (χ3v) is 5.93. The highest BCUT2D eigenvalue weighted by Gasteiger charge is 2.32. The van der Waals surface area contributed by atoms with Gasteiger partial charge >= 0.3 is 0 Å². The number of para-hydroxylation sites is 1. The fraction of sp³-hybridized carbons (Fsp3) is 0.438. The first-order valence-electron chi connectivity index (χ1n) is 7.37. The van der Waals surface area contributed by atoms with Gasteiger partial charge in [0.25, 0.3) is 0 Å². The second kappa shape index (κ2) is 6.96. The molecule has 1 atom stereocenters. The van der Waals surface area contributed by atoms with Crippen LogP contribution in [0.25, 0.3) is 0 Å². The number of hydrogen-bond acceptors (Lipinski definition) is 4. The number of hydrogen-bond donors (Lipinski definition) is 0. The topological polar surface area (TPSA) is 57.7 Å². The molecular weight excluding hydrogens is 300 g/mol. The van der Waals surface area contributed by atoms with Crippen molar-refractivity contribution in [2.45, 2.75) is 12.2 Å². The molecule has 120 valence electrons. The van der Waals surface area contributed by atoms with Gasteiger partial charge < -0.3 is 9.80 Å². The molecule has 6 heteroatoms. The maximum Gasteiger partial charge on any atom is 0.240 e. The average molecular weight is 322 g/mol. The van der Waals surface area contributed by atoms with Crippen molar-refractivity contribution in [2.75, 3.05) is 36.8 Å². The smallest absolute Gasteiger partial charge is 0.240 e. The SMILES string of the molecule is C=CCS(=O)(=O)C(C)C(=O)N1CCN(c2ccccc2)CC1. The molecular formula is C16H22N2O3S. The van der Waals surface area contributed by atoms with E-state index in [1.54, 1.807) is 4.90 Å². The van der Waals surface area contributed by atoms with Crippen LogP contribution in [-0.4, -0.2) is 56.4 Å². The van der Waals surface area contributed by atoms with Gasteiger partial charge in [-0.2, -0.15) is 0 Å². The second-order valence-electron chi connectivity index (χ2n) is 5.41. The van der Waals surface area contributed by atoms with Gasteiger partial charge in [0.2, 0.25) is 5.91 Å². The van der Waals surface area contributed by atoms with Gasteiger partial charge in [-0.05, 0) is 19.1 Å². The highest BCUT2D eigenvalue weighted by atomic mass is 32.2. The molecule has 0 bridgehead atoms. The maximum atomic E-state index is 12.4. The Balaban J connectivity index is 1.97. The molecule has 0 aliphatic carbocycles. The minimum atomic E-state index is -3.45. The standard InChI is InChI=1S/C16H22N2O3S/c1-3-13-22(20,21)14(2)16(19)18-11-9-17(10-12-18)15-7-5-4-6-8-15/h3-8,14H,1,9-13H2,2H3.